The fourth-order valence-electron chi connectivity index (χ4n) is 1.66. The van der Waals surface area contributed by atoms with Crippen LogP contribution in [0.1, 0.15) is 18.5 Å². The molecule has 0 spiro atoms. The largest absolute Gasteiger partial charge is 0.300 e. The molecule has 1 aliphatic heterocycles. The second-order valence-corrected chi connectivity index (χ2v) is 4.65. The molecular formula is C11H12BrN3O2. The van der Waals surface area contributed by atoms with Crippen LogP contribution in [0.15, 0.2) is 22.8 Å². The van der Waals surface area contributed by atoms with E-state index in [2.05, 4.69) is 31.5 Å². The number of imide groups is 1. The van der Waals surface area contributed by atoms with E-state index in [0.717, 1.165) is 10.3 Å². The summed E-state index contributed by atoms with van der Waals surface area (Å²) < 4.78 is 0.764. The Kier molecular flexibility index (Phi) is 3.86. The van der Waals surface area contributed by atoms with Gasteiger partial charge in [-0.3, -0.25) is 14.9 Å². The zero-order chi connectivity index (χ0) is 12.3. The minimum atomic E-state index is -0.312. The van der Waals surface area contributed by atoms with Crippen LogP contribution in [0, 0.1) is 0 Å². The van der Waals surface area contributed by atoms with Crippen molar-refractivity contribution in [1.29, 1.82) is 0 Å². The van der Waals surface area contributed by atoms with Crippen LogP contribution in [0.2, 0.25) is 0 Å². The zero-order valence-corrected chi connectivity index (χ0v) is 10.7. The van der Waals surface area contributed by atoms with Gasteiger partial charge in [0.05, 0.1) is 11.7 Å². The smallest absolute Gasteiger partial charge is 0.243 e. The van der Waals surface area contributed by atoms with Gasteiger partial charge in [0, 0.05) is 13.0 Å². The number of nitrogens with one attached hydrogen (secondary N) is 2. The van der Waals surface area contributed by atoms with E-state index in [0.29, 0.717) is 19.4 Å². The Bertz CT molecular complexity index is 450. The molecule has 1 atom stereocenters. The van der Waals surface area contributed by atoms with Crippen molar-refractivity contribution in [3.63, 3.8) is 0 Å². The van der Waals surface area contributed by atoms with Gasteiger partial charge in [0.15, 0.2) is 0 Å². The van der Waals surface area contributed by atoms with Gasteiger partial charge in [0.2, 0.25) is 11.8 Å². The fourth-order valence-corrected chi connectivity index (χ4v) is 2.05. The van der Waals surface area contributed by atoms with E-state index in [1.807, 2.05) is 18.2 Å². The molecule has 0 radical (unpaired) electrons. The van der Waals surface area contributed by atoms with Gasteiger partial charge in [-0.05, 0) is 34.5 Å². The van der Waals surface area contributed by atoms with Gasteiger partial charge in [-0.2, -0.15) is 0 Å². The van der Waals surface area contributed by atoms with Crippen LogP contribution in [0.4, 0.5) is 0 Å². The maximum atomic E-state index is 11.5. The third-order valence-corrected chi connectivity index (χ3v) is 2.98. The molecule has 1 aliphatic rings. The van der Waals surface area contributed by atoms with Crippen molar-refractivity contribution >= 4 is 27.7 Å². The van der Waals surface area contributed by atoms with Crippen LogP contribution in [-0.2, 0) is 16.1 Å². The molecule has 0 aromatic carbocycles. The predicted octanol–water partition coefficient (Wildman–Crippen LogP) is 0.739. The highest BCUT2D eigenvalue weighted by Gasteiger charge is 2.25. The second kappa shape index (κ2) is 5.37. The molecule has 1 aromatic rings. The molecule has 17 heavy (non-hydrogen) atoms. The Balaban J connectivity index is 1.90. The summed E-state index contributed by atoms with van der Waals surface area (Å²) in [5.74, 6) is -0.454. The van der Waals surface area contributed by atoms with Crippen molar-refractivity contribution in [1.82, 2.24) is 15.6 Å². The lowest BCUT2D eigenvalue weighted by Gasteiger charge is -2.21. The summed E-state index contributed by atoms with van der Waals surface area (Å²) in [6.45, 7) is 0.506. The molecule has 1 saturated heterocycles. The predicted molar refractivity (Wildman–Crippen MR) is 64.9 cm³/mol. The molecule has 0 bridgehead atoms. The van der Waals surface area contributed by atoms with E-state index < -0.39 is 0 Å². The third kappa shape index (κ3) is 3.34. The molecule has 2 heterocycles. The lowest BCUT2D eigenvalue weighted by Crippen LogP contribution is -2.50. The van der Waals surface area contributed by atoms with Crippen molar-refractivity contribution in [2.45, 2.75) is 25.4 Å². The second-order valence-electron chi connectivity index (χ2n) is 3.84. The van der Waals surface area contributed by atoms with Gasteiger partial charge in [0.25, 0.3) is 0 Å². The molecule has 2 rings (SSSR count). The van der Waals surface area contributed by atoms with Gasteiger partial charge in [0.1, 0.15) is 4.60 Å². The van der Waals surface area contributed by atoms with Gasteiger partial charge in [-0.25, -0.2) is 4.98 Å². The van der Waals surface area contributed by atoms with Crippen molar-refractivity contribution < 1.29 is 9.59 Å². The number of hydrogen-bond acceptors (Lipinski definition) is 4. The van der Waals surface area contributed by atoms with Gasteiger partial charge >= 0.3 is 0 Å². The molecule has 6 heteroatoms. The third-order valence-electron chi connectivity index (χ3n) is 2.54. The highest BCUT2D eigenvalue weighted by molar-refractivity contribution is 9.10. The number of carbonyl (C=O) groups excluding carboxylic acids is 2. The van der Waals surface area contributed by atoms with Crippen molar-refractivity contribution in [3.8, 4) is 0 Å². The van der Waals surface area contributed by atoms with Crippen molar-refractivity contribution in [3.05, 3.63) is 28.5 Å². The molecule has 1 unspecified atom stereocenters. The topological polar surface area (TPSA) is 71.1 Å². The first-order valence-corrected chi connectivity index (χ1v) is 6.13. The summed E-state index contributed by atoms with van der Waals surface area (Å²) in [5, 5.41) is 5.39. The quantitative estimate of drug-likeness (QED) is 0.638. The van der Waals surface area contributed by atoms with E-state index in [1.54, 1.807) is 0 Å². The molecule has 1 aromatic heterocycles. The monoisotopic (exact) mass is 297 g/mol. The first kappa shape index (κ1) is 12.2. The van der Waals surface area contributed by atoms with Crippen LogP contribution < -0.4 is 10.6 Å². The average molecular weight is 298 g/mol. The number of aromatic nitrogens is 1. The summed E-state index contributed by atoms with van der Waals surface area (Å²) in [7, 11) is 0. The summed E-state index contributed by atoms with van der Waals surface area (Å²) >= 11 is 3.29. The first-order valence-electron chi connectivity index (χ1n) is 5.33. The first-order chi connectivity index (χ1) is 8.15. The summed E-state index contributed by atoms with van der Waals surface area (Å²) in [6.07, 6.45) is 0.925. The van der Waals surface area contributed by atoms with Gasteiger partial charge in [-0.15, -0.1) is 0 Å². The molecule has 90 valence electrons. The Morgan fingerprint density at radius 3 is 3.00 bits per heavy atom. The summed E-state index contributed by atoms with van der Waals surface area (Å²) in [5.41, 5.74) is 0.851. The van der Waals surface area contributed by atoms with E-state index in [9.17, 15) is 9.59 Å². The van der Waals surface area contributed by atoms with E-state index in [1.165, 1.54) is 0 Å². The Hall–Kier alpha value is -1.27. The Labute approximate surface area is 107 Å². The number of hydrogen-bond donors (Lipinski definition) is 2. The van der Waals surface area contributed by atoms with Gasteiger partial charge < -0.3 is 5.32 Å². The molecule has 5 nitrogen and oxygen atoms in total. The Morgan fingerprint density at radius 1 is 1.47 bits per heavy atom. The lowest BCUT2D eigenvalue weighted by atomic mass is 10.1. The highest BCUT2D eigenvalue weighted by Crippen LogP contribution is 2.08. The standard InChI is InChI=1S/C11H12BrN3O2/c12-9-3-1-2-7(14-9)6-13-8-4-5-10(16)15-11(8)17/h1-3,8,13H,4-6H2,(H,15,16,17). The van der Waals surface area contributed by atoms with Gasteiger partial charge in [-0.1, -0.05) is 6.07 Å². The zero-order valence-electron chi connectivity index (χ0n) is 9.07. The maximum Gasteiger partial charge on any atom is 0.243 e. The number of rotatable bonds is 3. The molecule has 0 saturated carbocycles. The molecule has 0 aliphatic carbocycles. The maximum absolute atomic E-state index is 11.5. The lowest BCUT2D eigenvalue weighted by molar-refractivity contribution is -0.134. The van der Waals surface area contributed by atoms with Crippen molar-refractivity contribution in [2.75, 3.05) is 0 Å². The number of nitrogens with zero attached hydrogens (tertiary/aromatic N) is 1. The fraction of sp³-hybridized carbons (Fsp3) is 0.364. The number of amides is 2. The number of halogens is 1. The summed E-state index contributed by atoms with van der Waals surface area (Å²) in [4.78, 5) is 26.7. The summed E-state index contributed by atoms with van der Waals surface area (Å²) in [6, 6.07) is 5.30. The minimum absolute atomic E-state index is 0.200. The normalized spacial score (nSPS) is 20.2. The van der Waals surface area contributed by atoms with E-state index in [-0.39, 0.29) is 17.9 Å². The number of carbonyl (C=O) groups is 2. The van der Waals surface area contributed by atoms with Crippen LogP contribution in [0.5, 0.6) is 0 Å². The molecule has 2 N–H and O–H groups in total. The Morgan fingerprint density at radius 2 is 2.29 bits per heavy atom. The molecule has 2 amide bonds. The van der Waals surface area contributed by atoms with Crippen LogP contribution in [0.3, 0.4) is 0 Å². The van der Waals surface area contributed by atoms with E-state index >= 15 is 0 Å². The van der Waals surface area contributed by atoms with Crippen molar-refractivity contribution in [2.24, 2.45) is 0 Å². The van der Waals surface area contributed by atoms with Crippen LogP contribution >= 0.6 is 15.9 Å². The van der Waals surface area contributed by atoms with Crippen LogP contribution in [-0.4, -0.2) is 22.8 Å². The number of piperidine rings is 1. The van der Waals surface area contributed by atoms with Crippen LogP contribution in [0.25, 0.3) is 0 Å². The highest BCUT2D eigenvalue weighted by atomic mass is 79.9. The average Bonchev–Trinajstić information content (AvgIpc) is 2.28. The SMILES string of the molecule is O=C1CCC(NCc2cccc(Br)n2)C(=O)N1. The van der Waals surface area contributed by atoms with E-state index in [4.69, 9.17) is 0 Å². The molecular weight excluding hydrogens is 286 g/mol. The number of pyridine rings is 1. The minimum Gasteiger partial charge on any atom is -0.300 e. The molecule has 1 fully saturated rings.